The van der Waals surface area contributed by atoms with Gasteiger partial charge in [-0.15, -0.1) is 0 Å². The van der Waals surface area contributed by atoms with Gasteiger partial charge in [0.15, 0.2) is 5.96 Å². The molecule has 2 aliphatic rings. The van der Waals surface area contributed by atoms with E-state index in [1.807, 2.05) is 19.2 Å². The van der Waals surface area contributed by atoms with Crippen molar-refractivity contribution in [1.82, 2.24) is 14.9 Å². The highest BCUT2D eigenvalue weighted by Crippen LogP contribution is 2.35. The molecule has 25 heavy (non-hydrogen) atoms. The Hall–Kier alpha value is -1.60. The van der Waals surface area contributed by atoms with Crippen LogP contribution < -0.4 is 10.0 Å². The molecule has 0 spiro atoms. The molecule has 1 aromatic rings. The molecular weight excluding hydrogens is 336 g/mol. The third-order valence-electron chi connectivity index (χ3n) is 5.44. The Morgan fingerprint density at radius 3 is 2.28 bits per heavy atom. The molecule has 2 unspecified atom stereocenters. The van der Waals surface area contributed by atoms with E-state index in [0.29, 0.717) is 6.54 Å². The topological polar surface area (TPSA) is 73.8 Å². The minimum atomic E-state index is -3.38. The van der Waals surface area contributed by atoms with Crippen molar-refractivity contribution in [3.63, 3.8) is 0 Å². The first-order valence-corrected chi connectivity index (χ1v) is 10.5. The Kier molecular flexibility index (Phi) is 5.64. The summed E-state index contributed by atoms with van der Waals surface area (Å²) in [4.78, 5) is 7.10. The van der Waals surface area contributed by atoms with Gasteiger partial charge in [-0.1, -0.05) is 25.0 Å². The number of rotatable bonds is 4. The summed E-state index contributed by atoms with van der Waals surface area (Å²) in [6.07, 6.45) is 5.42. The molecule has 1 aliphatic carbocycles. The molecule has 2 fully saturated rings. The van der Waals surface area contributed by atoms with Crippen LogP contribution in [0.4, 0.5) is 0 Å². The van der Waals surface area contributed by atoms with Crippen LogP contribution in [0.1, 0.15) is 31.2 Å². The van der Waals surface area contributed by atoms with Gasteiger partial charge in [0, 0.05) is 26.7 Å². The van der Waals surface area contributed by atoms with Gasteiger partial charge in [-0.3, -0.25) is 4.99 Å². The van der Waals surface area contributed by atoms with E-state index in [-0.39, 0.29) is 4.90 Å². The van der Waals surface area contributed by atoms with Gasteiger partial charge in [-0.25, -0.2) is 13.1 Å². The van der Waals surface area contributed by atoms with Crippen LogP contribution in [0.25, 0.3) is 0 Å². The maximum absolute atomic E-state index is 11.8. The third kappa shape index (κ3) is 4.15. The van der Waals surface area contributed by atoms with E-state index in [9.17, 15) is 8.42 Å². The van der Waals surface area contributed by atoms with Gasteiger partial charge in [0.1, 0.15) is 0 Å². The molecule has 3 rings (SSSR count). The number of nitrogens with zero attached hydrogens (tertiary/aromatic N) is 2. The first-order valence-electron chi connectivity index (χ1n) is 9.01. The molecule has 1 heterocycles. The zero-order valence-electron chi connectivity index (χ0n) is 15.0. The number of hydrogen-bond acceptors (Lipinski definition) is 3. The second kappa shape index (κ2) is 7.74. The number of nitrogens with one attached hydrogen (secondary N) is 2. The van der Waals surface area contributed by atoms with Crippen molar-refractivity contribution < 1.29 is 8.42 Å². The van der Waals surface area contributed by atoms with Gasteiger partial charge in [-0.2, -0.15) is 0 Å². The van der Waals surface area contributed by atoms with Crippen molar-refractivity contribution >= 4 is 16.0 Å². The zero-order chi connectivity index (χ0) is 17.9. The lowest BCUT2D eigenvalue weighted by Crippen LogP contribution is -2.39. The highest BCUT2D eigenvalue weighted by molar-refractivity contribution is 7.89. The number of benzene rings is 1. The van der Waals surface area contributed by atoms with E-state index in [1.54, 1.807) is 12.1 Å². The van der Waals surface area contributed by atoms with E-state index in [4.69, 9.17) is 0 Å². The van der Waals surface area contributed by atoms with Crippen molar-refractivity contribution in [2.75, 3.05) is 27.2 Å². The average Bonchev–Trinajstić information content (AvgIpc) is 3.06. The van der Waals surface area contributed by atoms with Gasteiger partial charge in [0.2, 0.25) is 10.0 Å². The molecule has 1 saturated heterocycles. The standard InChI is InChI=1S/C18H28N4O2S/c1-19-18(22-12-15-5-3-4-6-16(15)13-22)21-11-14-7-9-17(10-8-14)25(23,24)20-2/h7-10,15-16,20H,3-6,11-13H2,1-2H3,(H,19,21). The predicted molar refractivity (Wildman–Crippen MR) is 99.9 cm³/mol. The molecule has 1 aliphatic heterocycles. The average molecular weight is 365 g/mol. The van der Waals surface area contributed by atoms with E-state index in [0.717, 1.165) is 36.4 Å². The van der Waals surface area contributed by atoms with E-state index >= 15 is 0 Å². The van der Waals surface area contributed by atoms with E-state index in [2.05, 4.69) is 19.9 Å². The number of aliphatic imine (C=N–C) groups is 1. The molecule has 0 amide bonds. The SMILES string of the molecule is CN=C(NCc1ccc(S(=O)(=O)NC)cc1)N1CC2CCCCC2C1. The minimum absolute atomic E-state index is 0.284. The molecule has 0 radical (unpaired) electrons. The summed E-state index contributed by atoms with van der Waals surface area (Å²) < 4.78 is 25.9. The van der Waals surface area contributed by atoms with Crippen LogP contribution >= 0.6 is 0 Å². The lowest BCUT2D eigenvalue weighted by molar-refractivity contribution is 0.299. The minimum Gasteiger partial charge on any atom is -0.352 e. The molecule has 7 heteroatoms. The van der Waals surface area contributed by atoms with Crippen molar-refractivity contribution in [2.45, 2.75) is 37.1 Å². The fourth-order valence-electron chi connectivity index (χ4n) is 4.00. The largest absolute Gasteiger partial charge is 0.352 e. The molecule has 1 saturated carbocycles. The van der Waals surface area contributed by atoms with Gasteiger partial charge in [0.25, 0.3) is 0 Å². The Labute approximate surface area is 150 Å². The van der Waals surface area contributed by atoms with Crippen molar-refractivity contribution in [2.24, 2.45) is 16.8 Å². The van der Waals surface area contributed by atoms with Crippen molar-refractivity contribution in [3.05, 3.63) is 29.8 Å². The molecule has 2 N–H and O–H groups in total. The van der Waals surface area contributed by atoms with Crippen LogP contribution in [0.15, 0.2) is 34.2 Å². The fraction of sp³-hybridized carbons (Fsp3) is 0.611. The van der Waals surface area contributed by atoms with Crippen LogP contribution in [-0.2, 0) is 16.6 Å². The number of hydrogen-bond donors (Lipinski definition) is 2. The summed E-state index contributed by atoms with van der Waals surface area (Å²) in [5.74, 6) is 2.58. The number of sulfonamides is 1. The molecule has 6 nitrogen and oxygen atoms in total. The molecular formula is C18H28N4O2S. The zero-order valence-corrected chi connectivity index (χ0v) is 15.8. The molecule has 1 aromatic carbocycles. The smallest absolute Gasteiger partial charge is 0.240 e. The highest BCUT2D eigenvalue weighted by Gasteiger charge is 2.35. The van der Waals surface area contributed by atoms with Gasteiger partial charge in [-0.05, 0) is 49.4 Å². The third-order valence-corrected chi connectivity index (χ3v) is 6.87. The molecule has 0 aromatic heterocycles. The van der Waals surface area contributed by atoms with Gasteiger partial charge >= 0.3 is 0 Å². The molecule has 2 atom stereocenters. The first kappa shape index (κ1) is 18.2. The second-order valence-electron chi connectivity index (χ2n) is 6.96. The van der Waals surface area contributed by atoms with Crippen molar-refractivity contribution in [3.8, 4) is 0 Å². The quantitative estimate of drug-likeness (QED) is 0.631. The summed E-state index contributed by atoms with van der Waals surface area (Å²) in [5, 5.41) is 3.42. The van der Waals surface area contributed by atoms with Crippen LogP contribution in [0, 0.1) is 11.8 Å². The normalized spacial score (nSPS) is 24.2. The Morgan fingerprint density at radius 1 is 1.16 bits per heavy atom. The molecule has 0 bridgehead atoms. The summed E-state index contributed by atoms with van der Waals surface area (Å²) in [7, 11) is -0.133. The number of likely N-dealkylation sites (tertiary alicyclic amines) is 1. The Bertz CT molecular complexity index is 701. The molecule has 138 valence electrons. The fourth-order valence-corrected chi connectivity index (χ4v) is 4.73. The summed E-state index contributed by atoms with van der Waals surface area (Å²) >= 11 is 0. The highest BCUT2D eigenvalue weighted by atomic mass is 32.2. The van der Waals surface area contributed by atoms with Gasteiger partial charge < -0.3 is 10.2 Å². The first-order chi connectivity index (χ1) is 12.0. The summed E-state index contributed by atoms with van der Waals surface area (Å²) in [6.45, 7) is 2.84. The maximum Gasteiger partial charge on any atom is 0.240 e. The van der Waals surface area contributed by atoms with Crippen LogP contribution in [0.2, 0.25) is 0 Å². The maximum atomic E-state index is 11.8. The predicted octanol–water partition coefficient (Wildman–Crippen LogP) is 1.79. The Morgan fingerprint density at radius 2 is 1.76 bits per heavy atom. The van der Waals surface area contributed by atoms with Crippen molar-refractivity contribution in [1.29, 1.82) is 0 Å². The summed E-state index contributed by atoms with van der Waals surface area (Å²) in [6, 6.07) is 6.95. The van der Waals surface area contributed by atoms with E-state index in [1.165, 1.54) is 32.7 Å². The Balaban J connectivity index is 1.58. The number of guanidine groups is 1. The monoisotopic (exact) mass is 364 g/mol. The van der Waals surface area contributed by atoms with Gasteiger partial charge in [0.05, 0.1) is 4.90 Å². The van der Waals surface area contributed by atoms with Crippen LogP contribution in [-0.4, -0.2) is 46.5 Å². The summed E-state index contributed by atoms with van der Waals surface area (Å²) in [5.41, 5.74) is 1.04. The van der Waals surface area contributed by atoms with E-state index < -0.39 is 10.0 Å². The van der Waals surface area contributed by atoms with Crippen LogP contribution in [0.3, 0.4) is 0 Å². The second-order valence-corrected chi connectivity index (χ2v) is 8.85. The lowest BCUT2D eigenvalue weighted by Gasteiger charge is -2.22. The lowest BCUT2D eigenvalue weighted by atomic mass is 9.82. The van der Waals surface area contributed by atoms with Crippen LogP contribution in [0.5, 0.6) is 0 Å². The number of fused-ring (bicyclic) bond motifs is 1.